The third-order valence-electron chi connectivity index (χ3n) is 2.35. The van der Waals surface area contributed by atoms with Crippen molar-refractivity contribution in [3.8, 4) is 0 Å². The molecule has 0 spiro atoms. The molecular weight excluding hydrogens is 278 g/mol. The fraction of sp³-hybridized carbons (Fsp3) is 0.700. The topological polar surface area (TPSA) is 29.5 Å². The lowest BCUT2D eigenvalue weighted by atomic mass is 10.2. The number of rotatable bonds is 4. The minimum Gasteiger partial charge on any atom is -0.469 e. The molecule has 1 fully saturated rings. The summed E-state index contributed by atoms with van der Waals surface area (Å²) >= 11 is 5.25. The molecule has 0 aromatic rings. The van der Waals surface area contributed by atoms with Gasteiger partial charge < -0.3 is 4.74 Å². The summed E-state index contributed by atoms with van der Waals surface area (Å²) < 4.78 is 5.66. The van der Waals surface area contributed by atoms with Gasteiger partial charge in [-0.15, -0.1) is 0 Å². The minimum absolute atomic E-state index is 0.132. The van der Waals surface area contributed by atoms with Gasteiger partial charge in [0, 0.05) is 35.1 Å². The molecule has 1 saturated heterocycles. The van der Waals surface area contributed by atoms with E-state index in [1.807, 2.05) is 11.8 Å². The SMILES string of the molecule is C=C(Br)CN1CCSCC1CC(=O)OC. The Balaban J connectivity index is 2.49. The van der Waals surface area contributed by atoms with E-state index in [0.29, 0.717) is 6.42 Å². The second kappa shape index (κ2) is 6.55. The molecule has 0 radical (unpaired) electrons. The van der Waals surface area contributed by atoms with E-state index in [1.165, 1.54) is 7.11 Å². The number of thioether (sulfide) groups is 1. The first-order valence-corrected chi connectivity index (χ1v) is 6.80. The van der Waals surface area contributed by atoms with Crippen molar-refractivity contribution in [3.05, 3.63) is 11.1 Å². The highest BCUT2D eigenvalue weighted by atomic mass is 79.9. The van der Waals surface area contributed by atoms with Crippen LogP contribution in [0.3, 0.4) is 0 Å². The van der Waals surface area contributed by atoms with Crippen molar-refractivity contribution >= 4 is 33.7 Å². The van der Waals surface area contributed by atoms with Crippen molar-refractivity contribution in [1.82, 2.24) is 4.90 Å². The molecule has 1 heterocycles. The minimum atomic E-state index is -0.132. The summed E-state index contributed by atoms with van der Waals surface area (Å²) in [5, 5.41) is 0. The lowest BCUT2D eigenvalue weighted by Crippen LogP contribution is -2.44. The van der Waals surface area contributed by atoms with Crippen LogP contribution in [0.2, 0.25) is 0 Å². The maximum atomic E-state index is 11.2. The Bertz CT molecular complexity index is 248. The summed E-state index contributed by atoms with van der Waals surface area (Å²) in [5.41, 5.74) is 0. The Kier molecular flexibility index (Phi) is 5.71. The molecule has 5 heteroatoms. The number of carbonyl (C=O) groups excluding carboxylic acids is 1. The van der Waals surface area contributed by atoms with Crippen LogP contribution in [0.1, 0.15) is 6.42 Å². The highest BCUT2D eigenvalue weighted by Gasteiger charge is 2.25. The van der Waals surface area contributed by atoms with Crippen LogP contribution in [-0.4, -0.2) is 48.6 Å². The second-order valence-corrected chi connectivity index (χ2v) is 5.77. The van der Waals surface area contributed by atoms with Crippen LogP contribution in [0.4, 0.5) is 0 Å². The first-order chi connectivity index (χ1) is 7.13. The van der Waals surface area contributed by atoms with Gasteiger partial charge in [-0.05, 0) is 0 Å². The van der Waals surface area contributed by atoms with Crippen molar-refractivity contribution in [2.75, 3.05) is 31.7 Å². The van der Waals surface area contributed by atoms with Crippen molar-refractivity contribution in [2.45, 2.75) is 12.5 Å². The van der Waals surface area contributed by atoms with Crippen LogP contribution < -0.4 is 0 Å². The zero-order chi connectivity index (χ0) is 11.3. The predicted molar refractivity (Wildman–Crippen MR) is 67.4 cm³/mol. The lowest BCUT2D eigenvalue weighted by molar-refractivity contribution is -0.141. The highest BCUT2D eigenvalue weighted by molar-refractivity contribution is 9.11. The number of ether oxygens (including phenoxy) is 1. The molecule has 0 aromatic carbocycles. The largest absolute Gasteiger partial charge is 0.469 e. The van der Waals surface area contributed by atoms with Crippen LogP contribution in [-0.2, 0) is 9.53 Å². The number of methoxy groups -OCH3 is 1. The van der Waals surface area contributed by atoms with Gasteiger partial charge in [-0.2, -0.15) is 11.8 Å². The van der Waals surface area contributed by atoms with E-state index in [-0.39, 0.29) is 12.0 Å². The number of nitrogens with zero attached hydrogens (tertiary/aromatic N) is 1. The van der Waals surface area contributed by atoms with Crippen LogP contribution in [0.25, 0.3) is 0 Å². The monoisotopic (exact) mass is 293 g/mol. The number of hydrogen-bond acceptors (Lipinski definition) is 4. The van der Waals surface area contributed by atoms with E-state index >= 15 is 0 Å². The molecule has 0 aromatic heterocycles. The molecule has 0 saturated carbocycles. The average Bonchev–Trinajstić information content (AvgIpc) is 2.20. The Morgan fingerprint density at radius 1 is 1.73 bits per heavy atom. The number of esters is 1. The Morgan fingerprint density at radius 2 is 2.47 bits per heavy atom. The number of halogens is 1. The van der Waals surface area contributed by atoms with E-state index < -0.39 is 0 Å². The molecule has 1 rings (SSSR count). The molecule has 1 aliphatic heterocycles. The van der Waals surface area contributed by atoms with Gasteiger partial charge in [0.15, 0.2) is 0 Å². The predicted octanol–water partition coefficient (Wildman–Crippen LogP) is 1.88. The molecule has 1 atom stereocenters. The molecule has 0 N–H and O–H groups in total. The first-order valence-electron chi connectivity index (χ1n) is 4.85. The second-order valence-electron chi connectivity index (χ2n) is 3.50. The Hall–Kier alpha value is -0.000000000000000111. The standard InChI is InChI=1S/C10H16BrNO2S/c1-8(11)6-12-3-4-15-7-9(12)5-10(13)14-2/h9H,1,3-7H2,2H3. The van der Waals surface area contributed by atoms with Gasteiger partial charge in [-0.1, -0.05) is 22.5 Å². The van der Waals surface area contributed by atoms with E-state index in [2.05, 4.69) is 27.4 Å². The quantitative estimate of drug-likeness (QED) is 0.740. The van der Waals surface area contributed by atoms with Crippen LogP contribution in [0.15, 0.2) is 11.1 Å². The summed E-state index contributed by atoms with van der Waals surface area (Å²) in [7, 11) is 1.44. The molecule has 15 heavy (non-hydrogen) atoms. The van der Waals surface area contributed by atoms with E-state index in [4.69, 9.17) is 4.74 Å². The Labute approximate surface area is 103 Å². The number of hydrogen-bond donors (Lipinski definition) is 0. The molecule has 0 amide bonds. The highest BCUT2D eigenvalue weighted by Crippen LogP contribution is 2.21. The molecule has 0 aliphatic carbocycles. The van der Waals surface area contributed by atoms with E-state index in [1.54, 1.807) is 0 Å². The van der Waals surface area contributed by atoms with Crippen molar-refractivity contribution in [2.24, 2.45) is 0 Å². The van der Waals surface area contributed by atoms with E-state index in [9.17, 15) is 4.79 Å². The Morgan fingerprint density at radius 3 is 3.07 bits per heavy atom. The van der Waals surface area contributed by atoms with Gasteiger partial charge >= 0.3 is 5.97 Å². The third kappa shape index (κ3) is 4.57. The summed E-state index contributed by atoms with van der Waals surface area (Å²) in [5.74, 6) is 1.99. The van der Waals surface area contributed by atoms with E-state index in [0.717, 1.165) is 29.1 Å². The normalized spacial score (nSPS) is 22.4. The molecule has 86 valence electrons. The molecular formula is C10H16BrNO2S. The zero-order valence-electron chi connectivity index (χ0n) is 8.87. The van der Waals surface area contributed by atoms with Crippen LogP contribution in [0.5, 0.6) is 0 Å². The fourth-order valence-electron chi connectivity index (χ4n) is 1.58. The van der Waals surface area contributed by atoms with Crippen molar-refractivity contribution in [1.29, 1.82) is 0 Å². The van der Waals surface area contributed by atoms with Gasteiger partial charge in [-0.25, -0.2) is 0 Å². The molecule has 0 bridgehead atoms. The van der Waals surface area contributed by atoms with Gasteiger partial charge in [0.25, 0.3) is 0 Å². The zero-order valence-corrected chi connectivity index (χ0v) is 11.3. The van der Waals surface area contributed by atoms with Crippen molar-refractivity contribution < 1.29 is 9.53 Å². The van der Waals surface area contributed by atoms with Gasteiger partial charge in [-0.3, -0.25) is 9.69 Å². The smallest absolute Gasteiger partial charge is 0.307 e. The molecule has 3 nitrogen and oxygen atoms in total. The lowest BCUT2D eigenvalue weighted by Gasteiger charge is -2.34. The summed E-state index contributed by atoms with van der Waals surface area (Å²) in [6, 6.07) is 0.283. The summed E-state index contributed by atoms with van der Waals surface area (Å²) in [6.45, 7) is 5.65. The summed E-state index contributed by atoms with van der Waals surface area (Å²) in [4.78, 5) is 13.5. The fourth-order valence-corrected chi connectivity index (χ4v) is 3.03. The molecule has 1 unspecified atom stereocenters. The van der Waals surface area contributed by atoms with Gasteiger partial charge in [0.1, 0.15) is 0 Å². The maximum Gasteiger partial charge on any atom is 0.307 e. The van der Waals surface area contributed by atoms with Gasteiger partial charge in [0.05, 0.1) is 13.5 Å². The third-order valence-corrected chi connectivity index (χ3v) is 3.70. The molecule has 1 aliphatic rings. The first kappa shape index (κ1) is 13.1. The number of carbonyl (C=O) groups is 1. The van der Waals surface area contributed by atoms with Crippen LogP contribution >= 0.6 is 27.7 Å². The van der Waals surface area contributed by atoms with Crippen LogP contribution in [0, 0.1) is 0 Å². The van der Waals surface area contributed by atoms with Crippen molar-refractivity contribution in [3.63, 3.8) is 0 Å². The maximum absolute atomic E-state index is 11.2. The van der Waals surface area contributed by atoms with Gasteiger partial charge in [0.2, 0.25) is 0 Å². The average molecular weight is 294 g/mol. The summed E-state index contributed by atoms with van der Waals surface area (Å²) in [6.07, 6.45) is 0.476.